The maximum atomic E-state index is 13.5. The summed E-state index contributed by atoms with van der Waals surface area (Å²) >= 11 is 7.70. The predicted molar refractivity (Wildman–Crippen MR) is 80.5 cm³/mol. The zero-order valence-corrected chi connectivity index (χ0v) is 12.2. The second-order valence-electron chi connectivity index (χ2n) is 4.43. The van der Waals surface area contributed by atoms with Crippen LogP contribution in [0.25, 0.3) is 10.1 Å². The van der Waals surface area contributed by atoms with Crippen LogP contribution in [0.3, 0.4) is 0 Å². The quantitative estimate of drug-likeness (QED) is 0.661. The Bertz CT molecular complexity index is 793. The molecular weight excluding hydrogens is 319 g/mol. The Balaban J connectivity index is 1.89. The van der Waals surface area contributed by atoms with Gasteiger partial charge in [0.2, 0.25) is 0 Å². The monoisotopic (exact) mass is 327 g/mol. The Kier molecular flexibility index (Phi) is 3.78. The Labute approximate surface area is 128 Å². The number of benzene rings is 2. The Hall–Kier alpha value is -1.72. The summed E-state index contributed by atoms with van der Waals surface area (Å²) in [6.07, 6.45) is 0. The molecule has 3 aromatic rings. The molecule has 1 nitrogen and oxygen atoms in total. The summed E-state index contributed by atoms with van der Waals surface area (Å²) in [5.74, 6) is -2.88. The van der Waals surface area contributed by atoms with Crippen LogP contribution in [-0.2, 0) is 6.54 Å². The lowest BCUT2D eigenvalue weighted by molar-refractivity contribution is 0.547. The molecule has 1 N–H and O–H groups in total. The molecule has 0 radical (unpaired) electrons. The van der Waals surface area contributed by atoms with E-state index in [0.717, 1.165) is 15.0 Å². The second kappa shape index (κ2) is 5.58. The Morgan fingerprint density at radius 3 is 2.38 bits per heavy atom. The van der Waals surface area contributed by atoms with Crippen molar-refractivity contribution < 1.29 is 13.2 Å². The molecular formula is C15H9ClF3NS. The minimum Gasteiger partial charge on any atom is -0.375 e. The lowest BCUT2D eigenvalue weighted by Gasteiger charge is -2.08. The Morgan fingerprint density at radius 2 is 1.71 bits per heavy atom. The van der Waals surface area contributed by atoms with Crippen LogP contribution >= 0.6 is 22.9 Å². The van der Waals surface area contributed by atoms with Crippen LogP contribution in [0, 0.1) is 17.5 Å². The number of halogens is 4. The fourth-order valence-corrected chi connectivity index (χ4v) is 3.50. The van der Waals surface area contributed by atoms with E-state index < -0.39 is 17.5 Å². The smallest absolute Gasteiger partial charge is 0.152 e. The molecule has 0 aliphatic heterocycles. The summed E-state index contributed by atoms with van der Waals surface area (Å²) < 4.78 is 40.9. The summed E-state index contributed by atoms with van der Waals surface area (Å²) in [5, 5.41) is 4.10. The first-order valence-corrected chi connectivity index (χ1v) is 7.30. The van der Waals surface area contributed by atoms with Crippen molar-refractivity contribution in [2.45, 2.75) is 6.54 Å². The molecule has 0 saturated carbocycles. The lowest BCUT2D eigenvalue weighted by Crippen LogP contribution is -2.03. The van der Waals surface area contributed by atoms with Crippen LogP contribution in [0.5, 0.6) is 0 Å². The maximum absolute atomic E-state index is 13.5. The highest BCUT2D eigenvalue weighted by molar-refractivity contribution is 7.19. The van der Waals surface area contributed by atoms with Crippen molar-refractivity contribution in [1.29, 1.82) is 0 Å². The van der Waals surface area contributed by atoms with E-state index >= 15 is 0 Å². The third-order valence-electron chi connectivity index (χ3n) is 3.03. The van der Waals surface area contributed by atoms with Crippen molar-refractivity contribution in [2.24, 2.45) is 0 Å². The lowest BCUT2D eigenvalue weighted by atomic mass is 10.2. The largest absolute Gasteiger partial charge is 0.375 e. The molecule has 2 aromatic carbocycles. The summed E-state index contributed by atoms with van der Waals surface area (Å²) in [6.45, 7) is 0.164. The number of fused-ring (bicyclic) bond motifs is 1. The molecule has 0 bridgehead atoms. The number of hydrogen-bond acceptors (Lipinski definition) is 2. The molecule has 1 heterocycles. The van der Waals surface area contributed by atoms with Gasteiger partial charge in [0.25, 0.3) is 0 Å². The normalized spacial score (nSPS) is 11.0. The predicted octanol–water partition coefficient (Wildman–Crippen LogP) is 5.58. The third-order valence-corrected chi connectivity index (χ3v) is 4.75. The highest BCUT2D eigenvalue weighted by Gasteiger charge is 2.14. The van der Waals surface area contributed by atoms with E-state index in [2.05, 4.69) is 5.32 Å². The second-order valence-corrected chi connectivity index (χ2v) is 5.95. The minimum absolute atomic E-state index is 0.164. The molecule has 3 rings (SSSR count). The average molecular weight is 328 g/mol. The maximum Gasteiger partial charge on any atom is 0.152 e. The van der Waals surface area contributed by atoms with E-state index in [9.17, 15) is 13.2 Å². The van der Waals surface area contributed by atoms with E-state index in [1.54, 1.807) is 0 Å². The van der Waals surface area contributed by atoms with Crippen LogP contribution in [0.1, 0.15) is 4.88 Å². The molecule has 0 atom stereocenters. The van der Waals surface area contributed by atoms with Gasteiger partial charge in [-0.2, -0.15) is 0 Å². The summed E-state index contributed by atoms with van der Waals surface area (Å²) in [6, 6.07) is 8.85. The topological polar surface area (TPSA) is 12.0 Å². The summed E-state index contributed by atoms with van der Waals surface area (Å²) in [5.41, 5.74) is -0.357. The fraction of sp³-hybridized carbons (Fsp3) is 0.0667. The standard InChI is InChI=1S/C15H9ClF3NS/c16-14-9-3-1-2-4-12(9)21-13(14)7-20-15-10(18)5-8(17)6-11(15)19/h1-6,20H,7H2. The molecule has 0 spiro atoms. The van der Waals surface area contributed by atoms with Gasteiger partial charge in [-0.15, -0.1) is 11.3 Å². The minimum atomic E-state index is -0.968. The summed E-state index contributed by atoms with van der Waals surface area (Å²) in [7, 11) is 0. The molecule has 0 aliphatic carbocycles. The molecule has 0 saturated heterocycles. The number of hydrogen-bond donors (Lipinski definition) is 1. The highest BCUT2D eigenvalue weighted by atomic mass is 35.5. The van der Waals surface area contributed by atoms with Gasteiger partial charge in [-0.05, 0) is 6.07 Å². The van der Waals surface area contributed by atoms with Crippen molar-refractivity contribution in [2.75, 3.05) is 5.32 Å². The van der Waals surface area contributed by atoms with Gasteiger partial charge in [0.1, 0.15) is 11.5 Å². The fourth-order valence-electron chi connectivity index (χ4n) is 2.06. The number of thiophene rings is 1. The first kappa shape index (κ1) is 14.2. The van der Waals surface area contributed by atoms with E-state index in [-0.39, 0.29) is 12.2 Å². The van der Waals surface area contributed by atoms with Gasteiger partial charge < -0.3 is 5.32 Å². The Morgan fingerprint density at radius 1 is 1.05 bits per heavy atom. The van der Waals surface area contributed by atoms with Gasteiger partial charge in [0.15, 0.2) is 11.6 Å². The van der Waals surface area contributed by atoms with Gasteiger partial charge in [0.05, 0.1) is 11.6 Å². The van der Waals surface area contributed by atoms with Gasteiger partial charge in [0, 0.05) is 27.1 Å². The number of nitrogens with one attached hydrogen (secondary N) is 1. The van der Waals surface area contributed by atoms with Crippen molar-refractivity contribution in [3.8, 4) is 0 Å². The zero-order chi connectivity index (χ0) is 15.0. The van der Waals surface area contributed by atoms with Crippen molar-refractivity contribution in [3.05, 3.63) is 63.7 Å². The van der Waals surface area contributed by atoms with E-state index in [1.165, 1.54) is 11.3 Å². The molecule has 0 amide bonds. The molecule has 0 fully saturated rings. The van der Waals surface area contributed by atoms with E-state index in [1.807, 2.05) is 24.3 Å². The van der Waals surface area contributed by atoms with Gasteiger partial charge >= 0.3 is 0 Å². The van der Waals surface area contributed by atoms with Gasteiger partial charge in [-0.1, -0.05) is 29.8 Å². The first-order valence-electron chi connectivity index (χ1n) is 6.10. The van der Waals surface area contributed by atoms with Crippen LogP contribution in [-0.4, -0.2) is 0 Å². The number of anilines is 1. The third kappa shape index (κ3) is 2.71. The molecule has 1 aromatic heterocycles. The van der Waals surface area contributed by atoms with Crippen molar-refractivity contribution in [1.82, 2.24) is 0 Å². The van der Waals surface area contributed by atoms with E-state index in [0.29, 0.717) is 17.2 Å². The molecule has 0 aliphatic rings. The van der Waals surface area contributed by atoms with Crippen molar-refractivity contribution >= 4 is 38.7 Å². The summed E-state index contributed by atoms with van der Waals surface area (Å²) in [4.78, 5) is 0.765. The van der Waals surface area contributed by atoms with Crippen LogP contribution in [0.15, 0.2) is 36.4 Å². The van der Waals surface area contributed by atoms with Gasteiger partial charge in [-0.3, -0.25) is 0 Å². The zero-order valence-electron chi connectivity index (χ0n) is 10.6. The van der Waals surface area contributed by atoms with Crippen LogP contribution in [0.4, 0.5) is 18.9 Å². The average Bonchev–Trinajstić information content (AvgIpc) is 2.75. The first-order chi connectivity index (χ1) is 10.1. The van der Waals surface area contributed by atoms with E-state index in [4.69, 9.17) is 11.6 Å². The number of rotatable bonds is 3. The van der Waals surface area contributed by atoms with Gasteiger partial charge in [-0.25, -0.2) is 13.2 Å². The SMILES string of the molecule is Fc1cc(F)c(NCc2sc3ccccc3c2Cl)c(F)c1. The molecule has 21 heavy (non-hydrogen) atoms. The van der Waals surface area contributed by atoms with Crippen LogP contribution < -0.4 is 5.32 Å². The van der Waals surface area contributed by atoms with Crippen LogP contribution in [0.2, 0.25) is 5.02 Å². The molecule has 6 heteroatoms. The molecule has 0 unspecified atom stereocenters. The molecule has 108 valence electrons. The van der Waals surface area contributed by atoms with Crippen molar-refractivity contribution in [3.63, 3.8) is 0 Å². The highest BCUT2D eigenvalue weighted by Crippen LogP contribution is 2.35.